The third kappa shape index (κ3) is 4.74. The molecule has 2 aromatic rings. The molecule has 1 aliphatic heterocycles. The van der Waals surface area contributed by atoms with Gasteiger partial charge >= 0.3 is 0 Å². The number of aryl methyl sites for hydroxylation is 1. The van der Waals surface area contributed by atoms with Crippen molar-refractivity contribution in [3.8, 4) is 17.2 Å². The van der Waals surface area contributed by atoms with E-state index in [1.807, 2.05) is 6.92 Å². The summed E-state index contributed by atoms with van der Waals surface area (Å²) in [6.45, 7) is 5.40. The summed E-state index contributed by atoms with van der Waals surface area (Å²) in [5, 5.41) is 0. The Hall–Kier alpha value is -2.34. The van der Waals surface area contributed by atoms with E-state index in [1.54, 1.807) is 33.1 Å². The van der Waals surface area contributed by atoms with Crippen molar-refractivity contribution in [1.82, 2.24) is 8.61 Å². The molecule has 3 rings (SSSR count). The summed E-state index contributed by atoms with van der Waals surface area (Å²) in [6.07, 6.45) is 0.621. The standard InChI is InChI=1S/C23H32N2O7S2/c1-7-18-12-19(8-10-21(18)30-4)33(26,27)24-14-17(3)25(15-16(24)2)34(28,29)20-9-11-22(31-5)23(13-20)32-6/h8-13,16-17H,7,14-15H2,1-6H3/t16-,17-/m0/s1. The highest BCUT2D eigenvalue weighted by Crippen LogP contribution is 2.34. The summed E-state index contributed by atoms with van der Waals surface area (Å²) in [5.41, 5.74) is 0.791. The van der Waals surface area contributed by atoms with Crippen LogP contribution in [0.5, 0.6) is 17.2 Å². The Bertz CT molecular complexity index is 1150. The molecule has 2 aromatic carbocycles. The van der Waals surface area contributed by atoms with Crippen LogP contribution in [0.25, 0.3) is 0 Å². The van der Waals surface area contributed by atoms with Gasteiger partial charge in [0.15, 0.2) is 11.5 Å². The first-order valence-corrected chi connectivity index (χ1v) is 13.8. The molecular formula is C23H32N2O7S2. The number of sulfonamides is 2. The SMILES string of the molecule is CCc1cc(S(=O)(=O)N2C[C@H](C)N(S(=O)(=O)c3ccc(OC)c(OC)c3)C[C@@H]2C)ccc1OC. The number of nitrogens with zero attached hydrogens (tertiary/aromatic N) is 2. The fraction of sp³-hybridized carbons (Fsp3) is 0.478. The Kier molecular flexibility index (Phi) is 7.81. The minimum Gasteiger partial charge on any atom is -0.496 e. The predicted molar refractivity (Wildman–Crippen MR) is 129 cm³/mol. The van der Waals surface area contributed by atoms with Gasteiger partial charge in [0.1, 0.15) is 5.75 Å². The summed E-state index contributed by atoms with van der Waals surface area (Å²) in [7, 11) is -3.27. The molecule has 2 atom stereocenters. The van der Waals surface area contributed by atoms with Gasteiger partial charge in [-0.3, -0.25) is 0 Å². The Morgan fingerprint density at radius 3 is 1.62 bits per heavy atom. The molecule has 1 fully saturated rings. The number of piperazine rings is 1. The molecule has 0 radical (unpaired) electrons. The molecule has 0 aromatic heterocycles. The van der Waals surface area contributed by atoms with Crippen molar-refractivity contribution in [2.45, 2.75) is 49.1 Å². The molecule has 0 aliphatic carbocycles. The van der Waals surface area contributed by atoms with Crippen LogP contribution >= 0.6 is 0 Å². The summed E-state index contributed by atoms with van der Waals surface area (Å²) in [5.74, 6) is 1.36. The van der Waals surface area contributed by atoms with Crippen molar-refractivity contribution in [1.29, 1.82) is 0 Å². The van der Waals surface area contributed by atoms with Gasteiger partial charge in [-0.1, -0.05) is 6.92 Å². The number of hydrogen-bond acceptors (Lipinski definition) is 7. The highest BCUT2D eigenvalue weighted by Gasteiger charge is 2.42. The zero-order chi connectivity index (χ0) is 25.3. The topological polar surface area (TPSA) is 102 Å². The van der Waals surface area contributed by atoms with E-state index in [0.29, 0.717) is 23.7 Å². The highest BCUT2D eigenvalue weighted by molar-refractivity contribution is 7.89. The predicted octanol–water partition coefficient (Wildman–Crippen LogP) is 2.75. The van der Waals surface area contributed by atoms with Crippen LogP contribution in [-0.4, -0.2) is 71.9 Å². The lowest BCUT2D eigenvalue weighted by molar-refractivity contribution is 0.163. The third-order valence-electron chi connectivity index (χ3n) is 6.07. The Morgan fingerprint density at radius 1 is 0.735 bits per heavy atom. The number of methoxy groups -OCH3 is 3. The van der Waals surface area contributed by atoms with Gasteiger partial charge in [-0.2, -0.15) is 8.61 Å². The van der Waals surface area contributed by atoms with Gasteiger partial charge in [-0.15, -0.1) is 0 Å². The van der Waals surface area contributed by atoms with Gasteiger partial charge in [0.25, 0.3) is 0 Å². The first-order valence-electron chi connectivity index (χ1n) is 10.9. The third-order valence-corrected chi connectivity index (χ3v) is 10.0. The molecule has 0 unspecified atom stereocenters. The van der Waals surface area contributed by atoms with E-state index in [2.05, 4.69) is 0 Å². The van der Waals surface area contributed by atoms with E-state index >= 15 is 0 Å². The average Bonchev–Trinajstić information content (AvgIpc) is 2.83. The molecule has 11 heteroatoms. The lowest BCUT2D eigenvalue weighted by Crippen LogP contribution is -2.59. The van der Waals surface area contributed by atoms with Gasteiger partial charge in [0.05, 0.1) is 31.1 Å². The smallest absolute Gasteiger partial charge is 0.243 e. The molecule has 0 spiro atoms. The number of benzene rings is 2. The van der Waals surface area contributed by atoms with Crippen molar-refractivity contribution in [2.24, 2.45) is 0 Å². The van der Waals surface area contributed by atoms with Gasteiger partial charge in [-0.25, -0.2) is 16.8 Å². The van der Waals surface area contributed by atoms with Crippen LogP contribution in [0.3, 0.4) is 0 Å². The summed E-state index contributed by atoms with van der Waals surface area (Å²) in [4.78, 5) is 0.226. The maximum absolute atomic E-state index is 13.5. The Labute approximate surface area is 202 Å². The number of ether oxygens (including phenoxy) is 3. The summed E-state index contributed by atoms with van der Waals surface area (Å²) < 4.78 is 72.3. The largest absolute Gasteiger partial charge is 0.496 e. The quantitative estimate of drug-likeness (QED) is 0.536. The van der Waals surface area contributed by atoms with E-state index in [0.717, 1.165) is 5.56 Å². The van der Waals surface area contributed by atoms with E-state index in [9.17, 15) is 16.8 Å². The van der Waals surface area contributed by atoms with E-state index < -0.39 is 32.1 Å². The second-order valence-corrected chi connectivity index (χ2v) is 12.0. The normalized spacial score (nSPS) is 20.2. The van der Waals surface area contributed by atoms with Crippen LogP contribution in [0.1, 0.15) is 26.3 Å². The lowest BCUT2D eigenvalue weighted by Gasteiger charge is -2.42. The molecule has 188 valence electrons. The van der Waals surface area contributed by atoms with Crippen LogP contribution in [0, 0.1) is 0 Å². The number of rotatable bonds is 8. The van der Waals surface area contributed by atoms with Crippen molar-refractivity contribution >= 4 is 20.0 Å². The van der Waals surface area contributed by atoms with E-state index in [4.69, 9.17) is 14.2 Å². The van der Waals surface area contributed by atoms with Crippen LogP contribution < -0.4 is 14.2 Å². The van der Waals surface area contributed by atoms with Gasteiger partial charge < -0.3 is 14.2 Å². The minimum atomic E-state index is -3.90. The van der Waals surface area contributed by atoms with Crippen molar-refractivity contribution in [3.05, 3.63) is 42.0 Å². The molecule has 0 amide bonds. The molecule has 34 heavy (non-hydrogen) atoms. The molecule has 0 bridgehead atoms. The second-order valence-electron chi connectivity index (χ2n) is 8.19. The summed E-state index contributed by atoms with van der Waals surface area (Å²) in [6, 6.07) is 8.07. The lowest BCUT2D eigenvalue weighted by atomic mass is 10.1. The minimum absolute atomic E-state index is 0.0217. The van der Waals surface area contributed by atoms with Crippen LogP contribution in [0.2, 0.25) is 0 Å². The molecule has 0 saturated carbocycles. The first-order chi connectivity index (χ1) is 16.0. The Balaban J connectivity index is 1.90. The van der Waals surface area contributed by atoms with E-state index in [-0.39, 0.29) is 22.9 Å². The fourth-order valence-corrected chi connectivity index (χ4v) is 7.65. The first kappa shape index (κ1) is 26.3. The number of hydrogen-bond donors (Lipinski definition) is 0. The monoisotopic (exact) mass is 512 g/mol. The maximum atomic E-state index is 13.5. The molecule has 1 heterocycles. The van der Waals surface area contributed by atoms with Gasteiger partial charge in [0.2, 0.25) is 20.0 Å². The van der Waals surface area contributed by atoms with Crippen molar-refractivity contribution < 1.29 is 31.0 Å². The fourth-order valence-electron chi connectivity index (χ4n) is 4.17. The zero-order valence-corrected chi connectivity index (χ0v) is 21.9. The average molecular weight is 513 g/mol. The van der Waals surface area contributed by atoms with Crippen molar-refractivity contribution in [3.63, 3.8) is 0 Å². The van der Waals surface area contributed by atoms with Crippen LogP contribution in [-0.2, 0) is 26.5 Å². The molecule has 1 aliphatic rings. The molecule has 1 saturated heterocycles. The Morgan fingerprint density at radius 2 is 1.18 bits per heavy atom. The maximum Gasteiger partial charge on any atom is 0.243 e. The highest BCUT2D eigenvalue weighted by atomic mass is 32.2. The summed E-state index contributed by atoms with van der Waals surface area (Å²) >= 11 is 0. The zero-order valence-electron chi connectivity index (χ0n) is 20.3. The van der Waals surface area contributed by atoms with E-state index in [1.165, 1.54) is 47.1 Å². The van der Waals surface area contributed by atoms with Gasteiger partial charge in [-0.05, 0) is 56.2 Å². The van der Waals surface area contributed by atoms with Gasteiger partial charge in [0, 0.05) is 31.2 Å². The molecular weight excluding hydrogens is 480 g/mol. The van der Waals surface area contributed by atoms with Crippen LogP contribution in [0.4, 0.5) is 0 Å². The van der Waals surface area contributed by atoms with Crippen LogP contribution in [0.15, 0.2) is 46.2 Å². The second kappa shape index (κ2) is 10.1. The van der Waals surface area contributed by atoms with Crippen molar-refractivity contribution in [2.75, 3.05) is 34.4 Å². The molecule has 9 nitrogen and oxygen atoms in total. The molecule has 0 N–H and O–H groups in total.